The van der Waals surface area contributed by atoms with Crippen molar-refractivity contribution >= 4 is 15.9 Å². The Morgan fingerprint density at radius 2 is 1.92 bits per heavy atom. The number of amides is 1. The third-order valence-electron chi connectivity index (χ3n) is 4.95. The Hall–Kier alpha value is -1.49. The van der Waals surface area contributed by atoms with Crippen LogP contribution in [0.25, 0.3) is 0 Å². The van der Waals surface area contributed by atoms with Crippen LogP contribution in [0.1, 0.15) is 24.3 Å². The number of aromatic nitrogens is 1. The fourth-order valence-corrected chi connectivity index (χ4v) is 5.10. The fraction of sp³-hybridized carbons (Fsp3) is 0.750. The van der Waals surface area contributed by atoms with Gasteiger partial charge in [-0.15, -0.1) is 0 Å². The molecule has 2 aliphatic rings. The zero-order valence-electron chi connectivity index (χ0n) is 15.2. The largest absolute Gasteiger partial charge is 0.395 e. The first-order valence-corrected chi connectivity index (χ1v) is 10.3. The van der Waals surface area contributed by atoms with Gasteiger partial charge in [-0.2, -0.15) is 4.31 Å². The zero-order chi connectivity index (χ0) is 18.9. The summed E-state index contributed by atoms with van der Waals surface area (Å²) in [6.45, 7) is 5.23. The summed E-state index contributed by atoms with van der Waals surface area (Å²) < 4.78 is 32.0. The van der Waals surface area contributed by atoms with Gasteiger partial charge in [0.15, 0.2) is 5.76 Å². The number of hydrogen-bond donors (Lipinski definition) is 1. The Kier molecular flexibility index (Phi) is 5.66. The molecular weight excluding hydrogens is 360 g/mol. The summed E-state index contributed by atoms with van der Waals surface area (Å²) in [5.74, 6) is 0.268. The molecule has 0 unspecified atom stereocenters. The van der Waals surface area contributed by atoms with Gasteiger partial charge in [0.05, 0.1) is 13.2 Å². The van der Waals surface area contributed by atoms with E-state index in [1.54, 1.807) is 18.7 Å². The zero-order valence-corrected chi connectivity index (χ0v) is 16.0. The molecule has 3 rings (SSSR count). The van der Waals surface area contributed by atoms with Crippen LogP contribution in [0.3, 0.4) is 0 Å². The van der Waals surface area contributed by atoms with Crippen LogP contribution in [0.4, 0.5) is 0 Å². The van der Waals surface area contributed by atoms with Gasteiger partial charge in [-0.05, 0) is 26.7 Å². The number of aryl methyl sites for hydroxylation is 2. The lowest BCUT2D eigenvalue weighted by Crippen LogP contribution is -2.53. The molecule has 0 aromatic carbocycles. The molecule has 1 aliphatic carbocycles. The summed E-state index contributed by atoms with van der Waals surface area (Å²) in [6, 6.07) is 0.396. The summed E-state index contributed by atoms with van der Waals surface area (Å²) in [4.78, 5) is 16.4. The van der Waals surface area contributed by atoms with Crippen molar-refractivity contribution < 1.29 is 22.8 Å². The van der Waals surface area contributed by atoms with Crippen LogP contribution in [0.2, 0.25) is 0 Å². The lowest BCUT2D eigenvalue weighted by molar-refractivity contribution is -0.133. The van der Waals surface area contributed by atoms with Crippen molar-refractivity contribution in [3.8, 4) is 0 Å². The van der Waals surface area contributed by atoms with E-state index in [0.717, 1.165) is 12.8 Å². The predicted octanol–water partition coefficient (Wildman–Crippen LogP) is -0.419. The van der Waals surface area contributed by atoms with Crippen LogP contribution in [0.15, 0.2) is 9.42 Å². The van der Waals surface area contributed by atoms with Crippen LogP contribution in [-0.4, -0.2) is 90.6 Å². The van der Waals surface area contributed by atoms with Crippen LogP contribution < -0.4 is 0 Å². The van der Waals surface area contributed by atoms with Gasteiger partial charge < -0.3 is 14.5 Å². The van der Waals surface area contributed by atoms with Crippen molar-refractivity contribution in [3.63, 3.8) is 0 Å². The first-order chi connectivity index (χ1) is 12.3. The smallest absolute Gasteiger partial charge is 0.248 e. The molecule has 2 fully saturated rings. The summed E-state index contributed by atoms with van der Waals surface area (Å²) in [7, 11) is -3.67. The Morgan fingerprint density at radius 3 is 2.42 bits per heavy atom. The molecule has 2 heterocycles. The summed E-state index contributed by atoms with van der Waals surface area (Å²) >= 11 is 0. The van der Waals surface area contributed by atoms with E-state index < -0.39 is 10.0 Å². The van der Waals surface area contributed by atoms with Crippen LogP contribution in [-0.2, 0) is 14.8 Å². The minimum Gasteiger partial charge on any atom is -0.395 e. The van der Waals surface area contributed by atoms with Crippen LogP contribution in [0, 0.1) is 13.8 Å². The first kappa shape index (κ1) is 19.3. The van der Waals surface area contributed by atoms with Gasteiger partial charge in [-0.3, -0.25) is 9.69 Å². The van der Waals surface area contributed by atoms with Crippen molar-refractivity contribution in [3.05, 3.63) is 11.5 Å². The molecular formula is C16H26N4O5S. The molecule has 0 atom stereocenters. The van der Waals surface area contributed by atoms with E-state index in [2.05, 4.69) is 5.16 Å². The first-order valence-electron chi connectivity index (χ1n) is 8.90. The number of nitrogens with zero attached hydrogens (tertiary/aromatic N) is 4. The van der Waals surface area contributed by atoms with E-state index in [0.29, 0.717) is 31.4 Å². The highest BCUT2D eigenvalue weighted by Gasteiger charge is 2.35. The quantitative estimate of drug-likeness (QED) is 0.678. The number of rotatable bonds is 7. The topological polar surface area (TPSA) is 107 Å². The Labute approximate surface area is 153 Å². The molecule has 0 spiro atoms. The molecule has 146 valence electrons. The number of carbonyl (C=O) groups excluding carboxylic acids is 1. The normalized spacial score (nSPS) is 19.3. The Morgan fingerprint density at radius 1 is 1.27 bits per heavy atom. The van der Waals surface area contributed by atoms with E-state index in [1.807, 2.05) is 4.90 Å². The second-order valence-corrected chi connectivity index (χ2v) is 8.74. The third-order valence-corrected chi connectivity index (χ3v) is 7.09. The van der Waals surface area contributed by atoms with Crippen molar-refractivity contribution in [2.75, 3.05) is 45.9 Å². The van der Waals surface area contributed by atoms with Gasteiger partial charge >= 0.3 is 0 Å². The molecule has 9 nitrogen and oxygen atoms in total. The van der Waals surface area contributed by atoms with Gasteiger partial charge in [0.1, 0.15) is 10.6 Å². The minimum absolute atomic E-state index is 0.0141. The van der Waals surface area contributed by atoms with Crippen LogP contribution in [0.5, 0.6) is 0 Å². The van der Waals surface area contributed by atoms with Crippen LogP contribution >= 0.6 is 0 Å². The Bertz CT molecular complexity index is 731. The molecule has 26 heavy (non-hydrogen) atoms. The standard InChI is InChI=1S/C16H26N4O5S/c1-12-16(13(2)25-17-12)26(23,24)20-7-5-18(6-8-20)15(22)11-19(9-10-21)14-3-4-14/h14,21H,3-11H2,1-2H3. The molecule has 1 aliphatic heterocycles. The highest BCUT2D eigenvalue weighted by molar-refractivity contribution is 7.89. The average Bonchev–Trinajstić information content (AvgIpc) is 3.39. The van der Waals surface area contributed by atoms with E-state index in [1.165, 1.54) is 4.31 Å². The maximum Gasteiger partial charge on any atom is 0.248 e. The molecule has 1 saturated heterocycles. The number of piperazine rings is 1. The maximum absolute atomic E-state index is 12.8. The molecule has 1 aromatic rings. The van der Waals surface area contributed by atoms with Gasteiger partial charge in [0.2, 0.25) is 15.9 Å². The fourth-order valence-electron chi connectivity index (χ4n) is 3.38. The SMILES string of the molecule is Cc1noc(C)c1S(=O)(=O)N1CCN(C(=O)CN(CCO)C2CC2)CC1. The molecule has 0 radical (unpaired) electrons. The summed E-state index contributed by atoms with van der Waals surface area (Å²) in [5.41, 5.74) is 0.352. The second kappa shape index (κ2) is 7.63. The highest BCUT2D eigenvalue weighted by atomic mass is 32.2. The predicted molar refractivity (Wildman–Crippen MR) is 93.0 cm³/mol. The van der Waals surface area contributed by atoms with E-state index >= 15 is 0 Å². The van der Waals surface area contributed by atoms with Gasteiger partial charge in [-0.1, -0.05) is 5.16 Å². The van der Waals surface area contributed by atoms with Gasteiger partial charge in [0.25, 0.3) is 0 Å². The van der Waals surface area contributed by atoms with Gasteiger partial charge in [-0.25, -0.2) is 8.42 Å². The van der Waals surface area contributed by atoms with Crippen molar-refractivity contribution in [1.82, 2.24) is 19.3 Å². The van der Waals surface area contributed by atoms with Crippen molar-refractivity contribution in [2.45, 2.75) is 37.6 Å². The van der Waals surface area contributed by atoms with E-state index in [-0.39, 0.29) is 42.8 Å². The Balaban J connectivity index is 1.59. The lowest BCUT2D eigenvalue weighted by Gasteiger charge is -2.35. The number of hydrogen-bond acceptors (Lipinski definition) is 7. The number of aliphatic hydroxyl groups excluding tert-OH is 1. The maximum atomic E-state index is 12.8. The number of aliphatic hydroxyl groups is 1. The second-order valence-electron chi connectivity index (χ2n) is 6.86. The van der Waals surface area contributed by atoms with Gasteiger partial charge in [0, 0.05) is 38.8 Å². The molecule has 1 N–H and O–H groups in total. The molecule has 1 aromatic heterocycles. The summed E-state index contributed by atoms with van der Waals surface area (Å²) in [5, 5.41) is 12.9. The monoisotopic (exact) mass is 386 g/mol. The minimum atomic E-state index is -3.67. The third kappa shape index (κ3) is 3.93. The molecule has 1 amide bonds. The molecule has 1 saturated carbocycles. The van der Waals surface area contributed by atoms with Crippen molar-refractivity contribution in [2.24, 2.45) is 0 Å². The van der Waals surface area contributed by atoms with Crippen molar-refractivity contribution in [1.29, 1.82) is 0 Å². The lowest BCUT2D eigenvalue weighted by atomic mass is 10.3. The summed E-state index contributed by atoms with van der Waals surface area (Å²) in [6.07, 6.45) is 2.13. The number of carbonyl (C=O) groups is 1. The molecule has 0 bridgehead atoms. The molecule has 10 heteroatoms. The highest BCUT2D eigenvalue weighted by Crippen LogP contribution is 2.27. The average molecular weight is 386 g/mol. The number of sulfonamides is 1. The van der Waals surface area contributed by atoms with E-state index in [9.17, 15) is 13.2 Å². The van der Waals surface area contributed by atoms with E-state index in [4.69, 9.17) is 9.63 Å².